The maximum Gasteiger partial charge on any atom is 0.163 e. The number of hydrogen-bond donors (Lipinski definition) is 0. The Morgan fingerprint density at radius 2 is 2.21 bits per heavy atom. The number of hydrogen-bond acceptors (Lipinski definition) is 2. The van der Waals surface area contributed by atoms with Gasteiger partial charge in [-0.1, -0.05) is 15.9 Å². The summed E-state index contributed by atoms with van der Waals surface area (Å²) in [4.78, 5) is 11.5. The number of carbonyl (C=O) groups is 1. The van der Waals surface area contributed by atoms with Crippen molar-refractivity contribution in [2.75, 3.05) is 5.33 Å². The minimum absolute atomic E-state index is 0.0714. The van der Waals surface area contributed by atoms with Gasteiger partial charge in [0.05, 0.1) is 11.6 Å². The van der Waals surface area contributed by atoms with E-state index in [-0.39, 0.29) is 5.78 Å². The van der Waals surface area contributed by atoms with Crippen LogP contribution < -0.4 is 0 Å². The zero-order chi connectivity index (χ0) is 10.6. The van der Waals surface area contributed by atoms with Gasteiger partial charge in [0.1, 0.15) is 0 Å². The van der Waals surface area contributed by atoms with Crippen molar-refractivity contribution in [1.29, 1.82) is 5.26 Å². The fraction of sp³-hybridized carbons (Fsp3) is 0.273. The molecule has 1 aromatic carbocycles. The number of alkyl halides is 1. The maximum atomic E-state index is 11.5. The Hall–Kier alpha value is -1.14. The van der Waals surface area contributed by atoms with E-state index < -0.39 is 0 Å². The molecule has 1 rings (SSSR count). The first kappa shape index (κ1) is 10.9. The molecule has 0 aliphatic carbocycles. The van der Waals surface area contributed by atoms with E-state index in [1.165, 1.54) is 0 Å². The first-order valence-electron chi connectivity index (χ1n) is 4.28. The van der Waals surface area contributed by atoms with Crippen molar-refractivity contribution >= 4 is 21.7 Å². The van der Waals surface area contributed by atoms with Gasteiger partial charge in [-0.05, 0) is 30.7 Å². The first-order valence-corrected chi connectivity index (χ1v) is 5.40. The molecule has 3 heteroatoms. The first-order chi connectivity index (χ1) is 6.67. The van der Waals surface area contributed by atoms with Crippen molar-refractivity contribution in [3.63, 3.8) is 0 Å². The highest BCUT2D eigenvalue weighted by Crippen LogP contribution is 2.11. The highest BCUT2D eigenvalue weighted by Gasteiger charge is 2.06. The average molecular weight is 252 g/mol. The zero-order valence-corrected chi connectivity index (χ0v) is 9.47. The third-order valence-electron chi connectivity index (χ3n) is 1.85. The summed E-state index contributed by atoms with van der Waals surface area (Å²) in [5, 5.41) is 9.38. The normalized spacial score (nSPS) is 9.50. The maximum absolute atomic E-state index is 11.5. The Morgan fingerprint density at radius 3 is 2.79 bits per heavy atom. The number of nitrogens with zero attached hydrogens (tertiary/aromatic N) is 1. The third kappa shape index (κ3) is 2.68. The molecule has 0 bridgehead atoms. The highest BCUT2D eigenvalue weighted by molar-refractivity contribution is 9.09. The van der Waals surface area contributed by atoms with Crippen LogP contribution in [-0.4, -0.2) is 11.1 Å². The van der Waals surface area contributed by atoms with Gasteiger partial charge in [0, 0.05) is 17.3 Å². The van der Waals surface area contributed by atoms with E-state index in [0.717, 1.165) is 5.56 Å². The number of ketones is 1. The van der Waals surface area contributed by atoms with Gasteiger partial charge in [-0.15, -0.1) is 0 Å². The van der Waals surface area contributed by atoms with Crippen LogP contribution in [0, 0.1) is 18.3 Å². The molecule has 0 N–H and O–H groups in total. The van der Waals surface area contributed by atoms with Gasteiger partial charge in [-0.2, -0.15) is 5.26 Å². The molecular weight excluding hydrogens is 242 g/mol. The molecule has 2 nitrogen and oxygen atoms in total. The quantitative estimate of drug-likeness (QED) is 0.613. The van der Waals surface area contributed by atoms with E-state index in [1.54, 1.807) is 12.1 Å². The summed E-state index contributed by atoms with van der Waals surface area (Å²) in [5.41, 5.74) is 2.12. The molecule has 0 spiro atoms. The molecule has 14 heavy (non-hydrogen) atoms. The summed E-state index contributed by atoms with van der Waals surface area (Å²) >= 11 is 3.22. The van der Waals surface area contributed by atoms with Gasteiger partial charge < -0.3 is 0 Å². The van der Waals surface area contributed by atoms with Gasteiger partial charge in [0.2, 0.25) is 0 Å². The number of Topliss-reactive ketones (excluding diaryl/α,β-unsaturated/α-hetero) is 1. The van der Waals surface area contributed by atoms with Gasteiger partial charge >= 0.3 is 0 Å². The molecule has 1 aromatic rings. The van der Waals surface area contributed by atoms with Crippen molar-refractivity contribution < 1.29 is 4.79 Å². The van der Waals surface area contributed by atoms with Crippen LogP contribution in [-0.2, 0) is 0 Å². The topological polar surface area (TPSA) is 40.9 Å². The van der Waals surface area contributed by atoms with Crippen molar-refractivity contribution in [1.82, 2.24) is 0 Å². The van der Waals surface area contributed by atoms with Crippen LogP contribution in [0.5, 0.6) is 0 Å². The number of aryl methyl sites for hydroxylation is 1. The van der Waals surface area contributed by atoms with Gasteiger partial charge in [-0.25, -0.2) is 0 Å². The standard InChI is InChI=1S/C11H10BrNO/c1-8-4-9(7-13)6-10(5-8)11(14)2-3-12/h4-6H,2-3H2,1H3. The Balaban J connectivity index is 3.04. The predicted octanol–water partition coefficient (Wildman–Crippen LogP) is 2.83. The highest BCUT2D eigenvalue weighted by atomic mass is 79.9. The predicted molar refractivity (Wildman–Crippen MR) is 58.6 cm³/mol. The molecule has 0 amide bonds. The zero-order valence-electron chi connectivity index (χ0n) is 7.88. The van der Waals surface area contributed by atoms with Crippen molar-refractivity contribution in [2.45, 2.75) is 13.3 Å². The third-order valence-corrected chi connectivity index (χ3v) is 2.25. The van der Waals surface area contributed by atoms with E-state index in [9.17, 15) is 4.79 Å². The van der Waals surface area contributed by atoms with Crippen LogP contribution in [0.4, 0.5) is 0 Å². The second kappa shape index (κ2) is 4.92. The molecule has 0 saturated heterocycles. The van der Waals surface area contributed by atoms with Crippen molar-refractivity contribution in [3.05, 3.63) is 34.9 Å². The summed E-state index contributed by atoms with van der Waals surface area (Å²) in [7, 11) is 0. The van der Waals surface area contributed by atoms with Crippen LogP contribution in [0.2, 0.25) is 0 Å². The van der Waals surface area contributed by atoms with E-state index in [0.29, 0.717) is 22.9 Å². The van der Waals surface area contributed by atoms with Crippen LogP contribution >= 0.6 is 15.9 Å². The minimum Gasteiger partial charge on any atom is -0.294 e. The van der Waals surface area contributed by atoms with Crippen molar-refractivity contribution in [2.24, 2.45) is 0 Å². The van der Waals surface area contributed by atoms with Crippen LogP contribution in [0.25, 0.3) is 0 Å². The summed E-state index contributed by atoms with van der Waals surface area (Å²) < 4.78 is 0. The fourth-order valence-corrected chi connectivity index (χ4v) is 1.60. The van der Waals surface area contributed by atoms with Crippen LogP contribution in [0.3, 0.4) is 0 Å². The second-order valence-electron chi connectivity index (χ2n) is 3.06. The minimum atomic E-state index is 0.0714. The molecule has 0 radical (unpaired) electrons. The molecule has 72 valence electrons. The smallest absolute Gasteiger partial charge is 0.163 e. The number of carbonyl (C=O) groups excluding carboxylic acids is 1. The SMILES string of the molecule is Cc1cc(C#N)cc(C(=O)CCBr)c1. The van der Waals surface area contributed by atoms with E-state index in [2.05, 4.69) is 15.9 Å². The number of rotatable bonds is 3. The largest absolute Gasteiger partial charge is 0.294 e. The second-order valence-corrected chi connectivity index (χ2v) is 3.85. The van der Waals surface area contributed by atoms with E-state index in [4.69, 9.17) is 5.26 Å². The Bertz CT molecular complexity index is 393. The molecule has 0 aliphatic heterocycles. The molecule has 0 heterocycles. The molecule has 0 saturated carbocycles. The van der Waals surface area contributed by atoms with Gasteiger partial charge in [-0.3, -0.25) is 4.79 Å². The van der Waals surface area contributed by atoms with E-state index >= 15 is 0 Å². The van der Waals surface area contributed by atoms with Crippen molar-refractivity contribution in [3.8, 4) is 6.07 Å². The van der Waals surface area contributed by atoms with E-state index in [1.807, 2.05) is 19.1 Å². The lowest BCUT2D eigenvalue weighted by atomic mass is 10.0. The number of nitriles is 1. The number of halogens is 1. The lowest BCUT2D eigenvalue weighted by Gasteiger charge is -2.01. The lowest BCUT2D eigenvalue weighted by Crippen LogP contribution is -2.00. The summed E-state index contributed by atoms with van der Waals surface area (Å²) in [6.45, 7) is 1.88. The molecule has 0 atom stereocenters. The summed E-state index contributed by atoms with van der Waals surface area (Å²) in [5.74, 6) is 0.0714. The lowest BCUT2D eigenvalue weighted by molar-refractivity contribution is 0.0990. The Labute approximate surface area is 91.7 Å². The fourth-order valence-electron chi connectivity index (χ4n) is 1.24. The Morgan fingerprint density at radius 1 is 1.50 bits per heavy atom. The summed E-state index contributed by atoms with van der Waals surface area (Å²) in [6.07, 6.45) is 0.467. The molecule has 0 aromatic heterocycles. The summed E-state index contributed by atoms with van der Waals surface area (Å²) in [6, 6.07) is 7.26. The monoisotopic (exact) mass is 251 g/mol. The molecule has 0 aliphatic rings. The molecule has 0 unspecified atom stereocenters. The van der Waals surface area contributed by atoms with Crippen LogP contribution in [0.15, 0.2) is 18.2 Å². The van der Waals surface area contributed by atoms with Gasteiger partial charge in [0.25, 0.3) is 0 Å². The van der Waals surface area contributed by atoms with Crippen LogP contribution in [0.1, 0.15) is 27.9 Å². The molecular formula is C11H10BrNO. The Kier molecular flexibility index (Phi) is 3.84. The molecule has 0 fully saturated rings. The van der Waals surface area contributed by atoms with Gasteiger partial charge in [0.15, 0.2) is 5.78 Å². The average Bonchev–Trinajstić information content (AvgIpc) is 2.17. The number of benzene rings is 1.